The highest BCUT2D eigenvalue weighted by Crippen LogP contribution is 2.35. The number of benzene rings is 1. The molecule has 0 spiro atoms. The summed E-state index contributed by atoms with van der Waals surface area (Å²) in [4.78, 5) is 27.3. The topological polar surface area (TPSA) is 49.4 Å². The van der Waals surface area contributed by atoms with Crippen molar-refractivity contribution in [2.75, 3.05) is 6.54 Å². The van der Waals surface area contributed by atoms with Gasteiger partial charge in [-0.3, -0.25) is 9.59 Å². The molecule has 1 unspecified atom stereocenters. The molecular weight excluding hydrogens is 320 g/mol. The maximum atomic E-state index is 12.9. The van der Waals surface area contributed by atoms with E-state index in [1.165, 1.54) is 17.4 Å². The van der Waals surface area contributed by atoms with Crippen molar-refractivity contribution in [3.8, 4) is 0 Å². The number of rotatable bonds is 4. The lowest BCUT2D eigenvalue weighted by atomic mass is 9.96. The van der Waals surface area contributed by atoms with E-state index in [0.717, 1.165) is 24.9 Å². The predicted molar refractivity (Wildman–Crippen MR) is 96.1 cm³/mol. The molecule has 1 aliphatic rings. The van der Waals surface area contributed by atoms with Gasteiger partial charge in [0.15, 0.2) is 0 Å². The SMILES string of the molecule is CCC1c2ccsc2CCN1C(=O)c1ccc(CNC(C)=O)cc1. The van der Waals surface area contributed by atoms with Crippen LogP contribution in [0.3, 0.4) is 0 Å². The first-order valence-electron chi connectivity index (χ1n) is 8.30. The second-order valence-electron chi connectivity index (χ2n) is 6.08. The zero-order valence-electron chi connectivity index (χ0n) is 14.0. The van der Waals surface area contributed by atoms with Crippen LogP contribution < -0.4 is 5.32 Å². The molecule has 1 aromatic carbocycles. The van der Waals surface area contributed by atoms with Gasteiger partial charge in [-0.25, -0.2) is 0 Å². The summed E-state index contributed by atoms with van der Waals surface area (Å²) in [5.41, 5.74) is 3.01. The van der Waals surface area contributed by atoms with Gasteiger partial charge in [-0.05, 0) is 47.5 Å². The Morgan fingerprint density at radius 2 is 2.00 bits per heavy atom. The number of hydrogen-bond donors (Lipinski definition) is 1. The first-order valence-corrected chi connectivity index (χ1v) is 9.18. The number of hydrogen-bond acceptors (Lipinski definition) is 3. The predicted octanol–water partition coefficient (Wildman–Crippen LogP) is 3.53. The van der Waals surface area contributed by atoms with E-state index >= 15 is 0 Å². The minimum atomic E-state index is -0.0548. The van der Waals surface area contributed by atoms with Crippen LogP contribution in [0.5, 0.6) is 0 Å². The number of thiophene rings is 1. The van der Waals surface area contributed by atoms with E-state index in [-0.39, 0.29) is 17.9 Å². The quantitative estimate of drug-likeness (QED) is 0.924. The Kier molecular flexibility index (Phi) is 5.00. The Bertz CT molecular complexity index is 736. The molecule has 4 nitrogen and oxygen atoms in total. The highest BCUT2D eigenvalue weighted by Gasteiger charge is 2.30. The number of nitrogens with one attached hydrogen (secondary N) is 1. The van der Waals surface area contributed by atoms with E-state index in [4.69, 9.17) is 0 Å². The van der Waals surface area contributed by atoms with Gasteiger partial charge in [-0.15, -0.1) is 11.3 Å². The van der Waals surface area contributed by atoms with Crippen molar-refractivity contribution in [2.45, 2.75) is 39.3 Å². The molecule has 2 aromatic rings. The van der Waals surface area contributed by atoms with Gasteiger partial charge in [0, 0.05) is 30.5 Å². The van der Waals surface area contributed by atoms with E-state index < -0.39 is 0 Å². The molecule has 1 aliphatic heterocycles. The summed E-state index contributed by atoms with van der Waals surface area (Å²) in [6.07, 6.45) is 1.87. The van der Waals surface area contributed by atoms with Crippen LogP contribution in [0, 0.1) is 0 Å². The molecule has 126 valence electrons. The molecule has 0 aliphatic carbocycles. The molecule has 0 fully saturated rings. The van der Waals surface area contributed by atoms with Crippen molar-refractivity contribution in [1.29, 1.82) is 0 Å². The number of carbonyl (C=O) groups excluding carboxylic acids is 2. The smallest absolute Gasteiger partial charge is 0.254 e. The summed E-state index contributed by atoms with van der Waals surface area (Å²) in [7, 11) is 0. The molecule has 0 saturated carbocycles. The van der Waals surface area contributed by atoms with Crippen LogP contribution in [0.15, 0.2) is 35.7 Å². The first kappa shape index (κ1) is 16.7. The van der Waals surface area contributed by atoms with Gasteiger partial charge in [0.05, 0.1) is 6.04 Å². The molecule has 24 heavy (non-hydrogen) atoms. The summed E-state index contributed by atoms with van der Waals surface area (Å²) in [5.74, 6) is 0.0330. The third-order valence-corrected chi connectivity index (χ3v) is 5.48. The number of amides is 2. The third-order valence-electron chi connectivity index (χ3n) is 4.48. The number of carbonyl (C=O) groups is 2. The summed E-state index contributed by atoms with van der Waals surface area (Å²) in [6, 6.07) is 9.86. The Hall–Kier alpha value is -2.14. The summed E-state index contributed by atoms with van der Waals surface area (Å²) in [5, 5.41) is 4.89. The highest BCUT2D eigenvalue weighted by molar-refractivity contribution is 7.10. The zero-order valence-corrected chi connectivity index (χ0v) is 14.9. The largest absolute Gasteiger partial charge is 0.352 e. The molecule has 3 rings (SSSR count). The van der Waals surface area contributed by atoms with Gasteiger partial charge in [0.2, 0.25) is 5.91 Å². The third kappa shape index (κ3) is 3.36. The molecule has 2 heterocycles. The maximum absolute atomic E-state index is 12.9. The van der Waals surface area contributed by atoms with Gasteiger partial charge in [-0.1, -0.05) is 19.1 Å². The first-order chi connectivity index (χ1) is 11.6. The fourth-order valence-corrected chi connectivity index (χ4v) is 4.17. The van der Waals surface area contributed by atoms with Crippen LogP contribution in [0.1, 0.15) is 52.7 Å². The van der Waals surface area contributed by atoms with Crippen LogP contribution in [0.4, 0.5) is 0 Å². The Balaban J connectivity index is 1.75. The van der Waals surface area contributed by atoms with Crippen molar-refractivity contribution >= 4 is 23.2 Å². The van der Waals surface area contributed by atoms with E-state index in [2.05, 4.69) is 23.7 Å². The summed E-state index contributed by atoms with van der Waals surface area (Å²) < 4.78 is 0. The Morgan fingerprint density at radius 3 is 2.67 bits per heavy atom. The van der Waals surface area contributed by atoms with E-state index in [0.29, 0.717) is 12.1 Å². The summed E-state index contributed by atoms with van der Waals surface area (Å²) in [6.45, 7) is 4.90. The van der Waals surface area contributed by atoms with E-state index in [1.807, 2.05) is 29.2 Å². The molecule has 0 bridgehead atoms. The Morgan fingerprint density at radius 1 is 1.25 bits per heavy atom. The minimum Gasteiger partial charge on any atom is -0.352 e. The summed E-state index contributed by atoms with van der Waals surface area (Å²) >= 11 is 1.79. The molecule has 0 radical (unpaired) electrons. The van der Waals surface area contributed by atoms with Gasteiger partial charge in [0.25, 0.3) is 5.91 Å². The van der Waals surface area contributed by atoms with Gasteiger partial charge < -0.3 is 10.2 Å². The fraction of sp³-hybridized carbons (Fsp3) is 0.368. The van der Waals surface area contributed by atoms with Crippen LogP contribution in [-0.2, 0) is 17.8 Å². The average Bonchev–Trinajstić information content (AvgIpc) is 3.07. The zero-order chi connectivity index (χ0) is 17.1. The highest BCUT2D eigenvalue weighted by atomic mass is 32.1. The van der Waals surface area contributed by atoms with Gasteiger partial charge >= 0.3 is 0 Å². The number of nitrogens with zero attached hydrogens (tertiary/aromatic N) is 1. The monoisotopic (exact) mass is 342 g/mol. The van der Waals surface area contributed by atoms with Gasteiger partial charge in [-0.2, -0.15) is 0 Å². The minimum absolute atomic E-state index is 0.0548. The molecular formula is C19H22N2O2S. The Labute approximate surface area is 146 Å². The van der Waals surface area contributed by atoms with Crippen molar-refractivity contribution in [3.05, 3.63) is 57.3 Å². The lowest BCUT2D eigenvalue weighted by Gasteiger charge is -2.35. The average molecular weight is 342 g/mol. The van der Waals surface area contributed by atoms with Crippen LogP contribution in [-0.4, -0.2) is 23.3 Å². The molecule has 1 atom stereocenters. The van der Waals surface area contributed by atoms with Crippen LogP contribution in [0.25, 0.3) is 0 Å². The fourth-order valence-electron chi connectivity index (χ4n) is 3.24. The van der Waals surface area contributed by atoms with Crippen molar-refractivity contribution in [3.63, 3.8) is 0 Å². The van der Waals surface area contributed by atoms with Crippen LogP contribution >= 0.6 is 11.3 Å². The lowest BCUT2D eigenvalue weighted by molar-refractivity contribution is -0.119. The van der Waals surface area contributed by atoms with Crippen LogP contribution in [0.2, 0.25) is 0 Å². The van der Waals surface area contributed by atoms with E-state index in [1.54, 1.807) is 11.3 Å². The molecule has 0 saturated heterocycles. The second kappa shape index (κ2) is 7.18. The van der Waals surface area contributed by atoms with Crippen molar-refractivity contribution < 1.29 is 9.59 Å². The number of fused-ring (bicyclic) bond motifs is 1. The van der Waals surface area contributed by atoms with Crippen molar-refractivity contribution in [2.24, 2.45) is 0 Å². The normalized spacial score (nSPS) is 16.6. The standard InChI is InChI=1S/C19H22N2O2S/c1-3-17-16-9-11-24-18(16)8-10-21(17)19(23)15-6-4-14(5-7-15)12-20-13(2)22/h4-7,9,11,17H,3,8,10,12H2,1-2H3,(H,20,22). The van der Waals surface area contributed by atoms with Crippen molar-refractivity contribution in [1.82, 2.24) is 10.2 Å². The molecule has 1 aromatic heterocycles. The molecule has 2 amide bonds. The maximum Gasteiger partial charge on any atom is 0.254 e. The molecule has 5 heteroatoms. The molecule has 1 N–H and O–H groups in total. The second-order valence-corrected chi connectivity index (χ2v) is 7.08. The van der Waals surface area contributed by atoms with Gasteiger partial charge in [0.1, 0.15) is 0 Å². The van der Waals surface area contributed by atoms with E-state index in [9.17, 15) is 9.59 Å². The lowest BCUT2D eigenvalue weighted by Crippen LogP contribution is -2.39.